The van der Waals surface area contributed by atoms with Crippen LogP contribution in [0.3, 0.4) is 0 Å². The maximum absolute atomic E-state index is 12.9. The van der Waals surface area contributed by atoms with Crippen molar-refractivity contribution in [2.75, 3.05) is 13.4 Å². The lowest BCUT2D eigenvalue weighted by molar-refractivity contribution is 0.0941. The number of aromatic nitrogens is 2. The minimum absolute atomic E-state index is 0.0693. The van der Waals surface area contributed by atoms with Gasteiger partial charge in [-0.3, -0.25) is 4.79 Å². The summed E-state index contributed by atoms with van der Waals surface area (Å²) < 4.78 is 30.8. The molecule has 3 aromatic rings. The second kappa shape index (κ2) is 8.26. The first-order chi connectivity index (χ1) is 13.7. The predicted molar refractivity (Wildman–Crippen MR) is 110 cm³/mol. The smallest absolute Gasteiger partial charge is 0.252 e. The molecule has 9 heteroatoms. The number of hydrogen-bond donors (Lipinski definition) is 1. The number of halogens is 1. The molecule has 3 rings (SSSR count). The lowest BCUT2D eigenvalue weighted by atomic mass is 10.0. The number of ether oxygens (including phenoxy) is 1. The first kappa shape index (κ1) is 20.9. The lowest BCUT2D eigenvalue weighted by Crippen LogP contribution is -2.31. The highest BCUT2D eigenvalue weighted by Gasteiger charge is 2.23. The van der Waals surface area contributed by atoms with Crippen molar-refractivity contribution in [3.05, 3.63) is 76.8 Å². The van der Waals surface area contributed by atoms with Gasteiger partial charge in [-0.15, -0.1) is 0 Å². The molecule has 1 amide bonds. The van der Waals surface area contributed by atoms with Crippen molar-refractivity contribution in [1.82, 2.24) is 14.9 Å². The normalized spacial score (nSPS) is 12.4. The molecule has 0 saturated carbocycles. The summed E-state index contributed by atoms with van der Waals surface area (Å²) >= 11 is 5.98. The maximum Gasteiger partial charge on any atom is 0.252 e. The van der Waals surface area contributed by atoms with Gasteiger partial charge in [0.25, 0.3) is 5.91 Å². The molecule has 152 valence electrons. The molecule has 1 heterocycles. The minimum atomic E-state index is -3.57. The van der Waals surface area contributed by atoms with E-state index >= 15 is 0 Å². The van der Waals surface area contributed by atoms with Crippen molar-refractivity contribution >= 4 is 27.3 Å². The van der Waals surface area contributed by atoms with E-state index in [1.54, 1.807) is 36.2 Å². The molecule has 1 N–H and O–H groups in total. The van der Waals surface area contributed by atoms with E-state index in [1.807, 2.05) is 19.2 Å². The number of hydrogen-bond acceptors (Lipinski definition) is 5. The van der Waals surface area contributed by atoms with Crippen molar-refractivity contribution in [3.8, 4) is 5.75 Å². The first-order valence-corrected chi connectivity index (χ1v) is 10.9. The van der Waals surface area contributed by atoms with Crippen LogP contribution in [0.1, 0.15) is 27.8 Å². The Morgan fingerprint density at radius 1 is 1.21 bits per heavy atom. The van der Waals surface area contributed by atoms with Gasteiger partial charge in [0.1, 0.15) is 17.6 Å². The van der Waals surface area contributed by atoms with Crippen LogP contribution in [0.4, 0.5) is 0 Å². The summed E-state index contributed by atoms with van der Waals surface area (Å²) in [4.78, 5) is 17.2. The number of benzene rings is 2. The van der Waals surface area contributed by atoms with Crippen LogP contribution in [0.5, 0.6) is 5.75 Å². The van der Waals surface area contributed by atoms with Gasteiger partial charge in [-0.05, 0) is 35.9 Å². The Hall–Kier alpha value is -2.84. The van der Waals surface area contributed by atoms with E-state index in [2.05, 4.69) is 10.3 Å². The SMILES string of the molecule is COc1ccc(C(NC(=O)c2ccc(Cl)c(S(C)(=O)=O)c2)c2nccn2C)cc1. The third kappa shape index (κ3) is 4.60. The van der Waals surface area contributed by atoms with Gasteiger partial charge in [0.05, 0.1) is 17.0 Å². The Morgan fingerprint density at radius 3 is 2.45 bits per heavy atom. The summed E-state index contributed by atoms with van der Waals surface area (Å²) in [5.41, 5.74) is 0.980. The van der Waals surface area contributed by atoms with Gasteiger partial charge in [-0.2, -0.15) is 0 Å². The van der Waals surface area contributed by atoms with Gasteiger partial charge >= 0.3 is 0 Å². The van der Waals surface area contributed by atoms with Gasteiger partial charge in [-0.25, -0.2) is 13.4 Å². The van der Waals surface area contributed by atoms with Crippen LogP contribution in [0, 0.1) is 0 Å². The summed E-state index contributed by atoms with van der Waals surface area (Å²) in [7, 11) is -0.165. The number of rotatable bonds is 6. The third-order valence-electron chi connectivity index (χ3n) is 4.43. The van der Waals surface area contributed by atoms with Crippen molar-refractivity contribution in [2.45, 2.75) is 10.9 Å². The van der Waals surface area contributed by atoms with Crippen LogP contribution in [-0.2, 0) is 16.9 Å². The Kier molecular flexibility index (Phi) is 5.95. The van der Waals surface area contributed by atoms with Gasteiger partial charge in [0.15, 0.2) is 9.84 Å². The molecule has 1 unspecified atom stereocenters. The van der Waals surface area contributed by atoms with Crippen LogP contribution in [0.2, 0.25) is 5.02 Å². The van der Waals surface area contributed by atoms with Crippen LogP contribution < -0.4 is 10.1 Å². The number of imidazole rings is 1. The van der Waals surface area contributed by atoms with Crippen molar-refractivity contribution in [1.29, 1.82) is 0 Å². The number of sulfone groups is 1. The fourth-order valence-corrected chi connectivity index (χ4v) is 4.19. The topological polar surface area (TPSA) is 90.3 Å². The average molecular weight is 434 g/mol. The Bertz CT molecular complexity index is 1140. The lowest BCUT2D eigenvalue weighted by Gasteiger charge is -2.20. The van der Waals surface area contributed by atoms with E-state index in [4.69, 9.17) is 16.3 Å². The minimum Gasteiger partial charge on any atom is -0.497 e. The third-order valence-corrected chi connectivity index (χ3v) is 6.01. The van der Waals surface area contributed by atoms with Crippen LogP contribution in [0.15, 0.2) is 59.8 Å². The van der Waals surface area contributed by atoms with E-state index in [9.17, 15) is 13.2 Å². The van der Waals surface area contributed by atoms with Gasteiger partial charge < -0.3 is 14.6 Å². The number of carbonyl (C=O) groups excluding carboxylic acids is 1. The fourth-order valence-electron chi connectivity index (χ4n) is 2.89. The van der Waals surface area contributed by atoms with Crippen molar-refractivity contribution < 1.29 is 17.9 Å². The standard InChI is InChI=1S/C20H20ClN3O4S/c1-24-11-10-22-19(24)18(13-4-7-15(28-2)8-5-13)23-20(25)14-6-9-16(21)17(12-14)29(3,26)27/h4-12,18H,1-3H3,(H,23,25). The van der Waals surface area contributed by atoms with E-state index in [0.717, 1.165) is 11.8 Å². The van der Waals surface area contributed by atoms with Gasteiger partial charge in [0, 0.05) is 31.3 Å². The quantitative estimate of drug-likeness (QED) is 0.645. The Labute approximate surface area is 174 Å². The number of nitrogens with zero attached hydrogens (tertiary/aromatic N) is 2. The second-order valence-corrected chi connectivity index (χ2v) is 8.88. The zero-order chi connectivity index (χ0) is 21.2. The highest BCUT2D eigenvalue weighted by molar-refractivity contribution is 7.90. The molecule has 7 nitrogen and oxygen atoms in total. The molecule has 0 saturated heterocycles. The number of carbonyl (C=O) groups is 1. The number of methoxy groups -OCH3 is 1. The number of amides is 1. The Balaban J connectivity index is 1.98. The first-order valence-electron chi connectivity index (χ1n) is 8.62. The van der Waals surface area contributed by atoms with Crippen LogP contribution >= 0.6 is 11.6 Å². The number of nitrogens with one attached hydrogen (secondary N) is 1. The van der Waals surface area contributed by atoms with E-state index < -0.39 is 21.8 Å². The highest BCUT2D eigenvalue weighted by Crippen LogP contribution is 2.25. The maximum atomic E-state index is 12.9. The van der Waals surface area contributed by atoms with E-state index in [0.29, 0.717) is 11.6 Å². The molecular weight excluding hydrogens is 414 g/mol. The molecule has 0 bridgehead atoms. The summed E-state index contributed by atoms with van der Waals surface area (Å²) in [6.07, 6.45) is 4.47. The average Bonchev–Trinajstić information content (AvgIpc) is 3.11. The predicted octanol–water partition coefficient (Wildman–Crippen LogP) is 3.01. The molecule has 29 heavy (non-hydrogen) atoms. The molecule has 0 fully saturated rings. The number of aryl methyl sites for hydroxylation is 1. The molecule has 2 aromatic carbocycles. The van der Waals surface area contributed by atoms with Gasteiger partial charge in [-0.1, -0.05) is 23.7 Å². The Morgan fingerprint density at radius 2 is 1.90 bits per heavy atom. The van der Waals surface area contributed by atoms with Gasteiger partial charge in [0.2, 0.25) is 0 Å². The molecule has 1 atom stereocenters. The summed E-state index contributed by atoms with van der Waals surface area (Å²) in [6.45, 7) is 0. The molecule has 0 aliphatic carbocycles. The molecule has 0 aliphatic rings. The molecule has 0 spiro atoms. The molecule has 0 radical (unpaired) electrons. The summed E-state index contributed by atoms with van der Waals surface area (Å²) in [5.74, 6) is 0.866. The van der Waals surface area contributed by atoms with Crippen molar-refractivity contribution in [3.63, 3.8) is 0 Å². The van der Waals surface area contributed by atoms with Crippen molar-refractivity contribution in [2.24, 2.45) is 7.05 Å². The molecule has 1 aromatic heterocycles. The monoisotopic (exact) mass is 433 g/mol. The zero-order valence-corrected chi connectivity index (χ0v) is 17.7. The zero-order valence-electron chi connectivity index (χ0n) is 16.1. The molecular formula is C20H20ClN3O4S. The summed E-state index contributed by atoms with van der Waals surface area (Å²) in [5, 5.41) is 3.00. The van der Waals surface area contributed by atoms with Crippen LogP contribution in [-0.4, -0.2) is 37.2 Å². The molecule has 0 aliphatic heterocycles. The largest absolute Gasteiger partial charge is 0.497 e. The summed E-state index contributed by atoms with van der Waals surface area (Å²) in [6, 6.07) is 10.9. The second-order valence-electron chi connectivity index (χ2n) is 6.49. The fraction of sp³-hybridized carbons (Fsp3) is 0.200. The van der Waals surface area contributed by atoms with E-state index in [-0.39, 0.29) is 15.5 Å². The van der Waals surface area contributed by atoms with Crippen LogP contribution in [0.25, 0.3) is 0 Å². The highest BCUT2D eigenvalue weighted by atomic mass is 35.5. The van der Waals surface area contributed by atoms with E-state index in [1.165, 1.54) is 18.2 Å².